The summed E-state index contributed by atoms with van der Waals surface area (Å²) >= 11 is 7.58. The first-order chi connectivity index (χ1) is 20.6. The van der Waals surface area contributed by atoms with Gasteiger partial charge in [-0.05, 0) is 81.9 Å². The fraction of sp³-hybridized carbons (Fsp3) is 0.0263. The number of halogens is 2. The highest BCUT2D eigenvalue weighted by Gasteiger charge is 2.46. The van der Waals surface area contributed by atoms with Crippen molar-refractivity contribution >= 4 is 42.9 Å². The Bertz CT molecular complexity index is 2040. The average molecular weight is 668 g/mol. The molecule has 0 amide bonds. The minimum absolute atomic E-state index is 0.475. The minimum Gasteiger partial charge on any atom is -0.292 e. The number of hydrogen-bond acceptors (Lipinski definition) is 1. The SMILES string of the molecule is Brc1ccc2c(c1)C(c1ccccc1)(c1ccc(-c3nc4ccccc4n3-c3ccccc3)cc1)c1cc(Br)ccc1-2. The van der Waals surface area contributed by atoms with Crippen molar-refractivity contribution in [2.45, 2.75) is 5.41 Å². The lowest BCUT2D eigenvalue weighted by Crippen LogP contribution is -2.28. The highest BCUT2D eigenvalue weighted by Crippen LogP contribution is 2.57. The number of hydrogen-bond donors (Lipinski definition) is 0. The fourth-order valence-electron chi connectivity index (χ4n) is 6.67. The molecule has 42 heavy (non-hydrogen) atoms. The highest BCUT2D eigenvalue weighted by molar-refractivity contribution is 9.10. The lowest BCUT2D eigenvalue weighted by molar-refractivity contribution is 0.767. The summed E-state index contributed by atoms with van der Waals surface area (Å²) < 4.78 is 4.40. The largest absolute Gasteiger partial charge is 0.292 e. The number of imidazole rings is 1. The van der Waals surface area contributed by atoms with Gasteiger partial charge in [0.2, 0.25) is 0 Å². The number of aromatic nitrogens is 2. The zero-order valence-corrected chi connectivity index (χ0v) is 25.7. The van der Waals surface area contributed by atoms with Crippen molar-refractivity contribution in [2.75, 3.05) is 0 Å². The van der Waals surface area contributed by atoms with Crippen LogP contribution in [0, 0.1) is 0 Å². The Balaban J connectivity index is 1.38. The molecule has 1 aliphatic rings. The lowest BCUT2D eigenvalue weighted by Gasteiger charge is -2.34. The van der Waals surface area contributed by atoms with Gasteiger partial charge in [0.1, 0.15) is 5.82 Å². The first-order valence-corrected chi connectivity index (χ1v) is 15.5. The molecule has 200 valence electrons. The summed E-state index contributed by atoms with van der Waals surface area (Å²) in [6.45, 7) is 0. The van der Waals surface area contributed by atoms with Gasteiger partial charge >= 0.3 is 0 Å². The third-order valence-corrected chi connectivity index (χ3v) is 9.41. The molecule has 7 aromatic rings. The summed E-state index contributed by atoms with van der Waals surface area (Å²) in [5.41, 5.74) is 11.3. The Morgan fingerprint density at radius 2 is 1.07 bits per heavy atom. The monoisotopic (exact) mass is 666 g/mol. The van der Waals surface area contributed by atoms with E-state index in [-0.39, 0.29) is 0 Å². The second kappa shape index (κ2) is 9.94. The molecule has 0 N–H and O–H groups in total. The maximum absolute atomic E-state index is 5.11. The summed E-state index contributed by atoms with van der Waals surface area (Å²) in [7, 11) is 0. The van der Waals surface area contributed by atoms with Gasteiger partial charge in [0.15, 0.2) is 0 Å². The van der Waals surface area contributed by atoms with Crippen LogP contribution in [-0.2, 0) is 5.41 Å². The van der Waals surface area contributed by atoms with Gasteiger partial charge in [0.25, 0.3) is 0 Å². The molecule has 0 saturated carbocycles. The number of para-hydroxylation sites is 3. The molecule has 8 rings (SSSR count). The van der Waals surface area contributed by atoms with Crippen LogP contribution in [0.4, 0.5) is 0 Å². The summed E-state index contributed by atoms with van der Waals surface area (Å²) in [4.78, 5) is 5.11. The van der Waals surface area contributed by atoms with E-state index in [1.54, 1.807) is 0 Å². The predicted octanol–water partition coefficient (Wildman–Crippen LogP) is 10.6. The standard InChI is InChI=1S/C38H24Br2N2/c39-28-19-21-31-32-22-20-29(40)24-34(32)38(33(31)23-28,26-9-3-1-4-10-26)27-17-15-25(16-18-27)37-41-35-13-7-8-14-36(35)42(37)30-11-5-2-6-12-30/h1-24H. The van der Waals surface area contributed by atoms with Crippen LogP contribution in [0.5, 0.6) is 0 Å². The van der Waals surface area contributed by atoms with Gasteiger partial charge < -0.3 is 0 Å². The molecular formula is C38H24Br2N2. The Morgan fingerprint density at radius 1 is 0.524 bits per heavy atom. The molecule has 0 fully saturated rings. The van der Waals surface area contributed by atoms with Crippen molar-refractivity contribution in [1.82, 2.24) is 9.55 Å². The van der Waals surface area contributed by atoms with Gasteiger partial charge in [0.05, 0.1) is 16.4 Å². The highest BCUT2D eigenvalue weighted by atomic mass is 79.9. The maximum atomic E-state index is 5.11. The van der Waals surface area contributed by atoms with E-state index in [2.05, 4.69) is 170 Å². The van der Waals surface area contributed by atoms with E-state index < -0.39 is 5.41 Å². The summed E-state index contributed by atoms with van der Waals surface area (Å²) in [5.74, 6) is 0.931. The van der Waals surface area contributed by atoms with Crippen molar-refractivity contribution in [3.63, 3.8) is 0 Å². The van der Waals surface area contributed by atoms with Crippen molar-refractivity contribution in [3.8, 4) is 28.2 Å². The molecule has 1 aromatic heterocycles. The normalized spacial score (nSPS) is 13.2. The van der Waals surface area contributed by atoms with Gasteiger partial charge in [0, 0.05) is 20.2 Å². The second-order valence-corrected chi connectivity index (χ2v) is 12.5. The third kappa shape index (κ3) is 3.79. The van der Waals surface area contributed by atoms with Crippen LogP contribution in [0.15, 0.2) is 155 Å². The van der Waals surface area contributed by atoms with Crippen molar-refractivity contribution in [3.05, 3.63) is 177 Å². The molecule has 0 spiro atoms. The zero-order chi connectivity index (χ0) is 28.3. The van der Waals surface area contributed by atoms with Crippen molar-refractivity contribution < 1.29 is 0 Å². The Labute approximate surface area is 261 Å². The summed E-state index contributed by atoms with van der Waals surface area (Å²) in [6.07, 6.45) is 0. The van der Waals surface area contributed by atoms with E-state index in [1.807, 2.05) is 12.1 Å². The van der Waals surface area contributed by atoms with Crippen LogP contribution in [0.25, 0.3) is 39.2 Å². The molecule has 4 heteroatoms. The van der Waals surface area contributed by atoms with Gasteiger partial charge in [-0.2, -0.15) is 0 Å². The van der Waals surface area contributed by atoms with Gasteiger partial charge in [-0.15, -0.1) is 0 Å². The molecule has 0 unspecified atom stereocenters. The van der Waals surface area contributed by atoms with Crippen LogP contribution < -0.4 is 0 Å². The second-order valence-electron chi connectivity index (χ2n) is 10.7. The molecule has 0 saturated heterocycles. The molecular weight excluding hydrogens is 644 g/mol. The van der Waals surface area contributed by atoms with Gasteiger partial charge in [-0.3, -0.25) is 4.57 Å². The van der Waals surface area contributed by atoms with Crippen LogP contribution in [0.1, 0.15) is 22.3 Å². The zero-order valence-electron chi connectivity index (χ0n) is 22.5. The number of fused-ring (bicyclic) bond motifs is 4. The Morgan fingerprint density at radius 3 is 1.71 bits per heavy atom. The first-order valence-electron chi connectivity index (χ1n) is 13.9. The lowest BCUT2D eigenvalue weighted by atomic mass is 9.67. The molecule has 0 aliphatic heterocycles. The topological polar surface area (TPSA) is 17.8 Å². The third-order valence-electron chi connectivity index (χ3n) is 8.42. The summed E-state index contributed by atoms with van der Waals surface area (Å²) in [6, 6.07) is 52.1. The van der Waals surface area contributed by atoms with Crippen LogP contribution in [0.2, 0.25) is 0 Å². The molecule has 6 aromatic carbocycles. The van der Waals surface area contributed by atoms with E-state index in [9.17, 15) is 0 Å². The number of benzene rings is 6. The molecule has 1 aliphatic carbocycles. The molecule has 0 bridgehead atoms. The van der Waals surface area contributed by atoms with E-state index in [0.717, 1.165) is 37.1 Å². The summed E-state index contributed by atoms with van der Waals surface area (Å²) in [5, 5.41) is 0. The quantitative estimate of drug-likeness (QED) is 0.183. The van der Waals surface area contributed by atoms with E-state index in [4.69, 9.17) is 4.98 Å². The smallest absolute Gasteiger partial charge is 0.145 e. The minimum atomic E-state index is -0.475. The van der Waals surface area contributed by atoms with E-state index in [0.29, 0.717) is 0 Å². The molecule has 1 heterocycles. The Hall–Kier alpha value is -4.25. The molecule has 2 nitrogen and oxygen atoms in total. The Kier molecular flexibility index (Phi) is 6.02. The first kappa shape index (κ1) is 25.5. The van der Waals surface area contributed by atoms with Crippen molar-refractivity contribution in [1.29, 1.82) is 0 Å². The number of rotatable bonds is 4. The van der Waals surface area contributed by atoms with Crippen LogP contribution in [0.3, 0.4) is 0 Å². The molecule has 0 atom stereocenters. The van der Waals surface area contributed by atoms with E-state index >= 15 is 0 Å². The number of nitrogens with zero attached hydrogens (tertiary/aromatic N) is 2. The predicted molar refractivity (Wildman–Crippen MR) is 179 cm³/mol. The van der Waals surface area contributed by atoms with Crippen molar-refractivity contribution in [2.24, 2.45) is 0 Å². The van der Waals surface area contributed by atoms with Crippen LogP contribution >= 0.6 is 31.9 Å². The molecule has 0 radical (unpaired) electrons. The van der Waals surface area contributed by atoms with Gasteiger partial charge in [-0.25, -0.2) is 4.98 Å². The maximum Gasteiger partial charge on any atom is 0.145 e. The van der Waals surface area contributed by atoms with E-state index in [1.165, 1.54) is 33.4 Å². The van der Waals surface area contributed by atoms with Gasteiger partial charge in [-0.1, -0.05) is 129 Å². The average Bonchev–Trinajstić information content (AvgIpc) is 3.56. The fourth-order valence-corrected chi connectivity index (χ4v) is 7.39. The van der Waals surface area contributed by atoms with Crippen LogP contribution in [-0.4, -0.2) is 9.55 Å².